The molecule has 2 rings (SSSR count). The van der Waals surface area contributed by atoms with Crippen LogP contribution in [0.15, 0.2) is 10.2 Å². The van der Waals surface area contributed by atoms with E-state index in [1.807, 2.05) is 0 Å². The van der Waals surface area contributed by atoms with Crippen molar-refractivity contribution in [3.8, 4) is 0 Å². The molecule has 1 heterocycles. The van der Waals surface area contributed by atoms with Gasteiger partial charge in [0.1, 0.15) is 28.1 Å². The summed E-state index contributed by atoms with van der Waals surface area (Å²) in [6, 6.07) is 0. The monoisotopic (exact) mass is 280 g/mol. The fourth-order valence-electron chi connectivity index (χ4n) is 1.86. The maximum Gasteiger partial charge on any atom is 0.340 e. The first kappa shape index (κ1) is 13.1. The van der Waals surface area contributed by atoms with E-state index >= 15 is 0 Å². The van der Waals surface area contributed by atoms with Gasteiger partial charge in [0, 0.05) is 0 Å². The van der Waals surface area contributed by atoms with E-state index in [0.29, 0.717) is 0 Å². The topological polar surface area (TPSA) is 174 Å². The van der Waals surface area contributed by atoms with Gasteiger partial charge in [0.2, 0.25) is 0 Å². The maximum atomic E-state index is 11.1. The zero-order valence-corrected chi connectivity index (χ0v) is 9.32. The average molecular weight is 280 g/mol. The minimum Gasteiger partial charge on any atom is -0.478 e. The molecule has 0 spiro atoms. The molecule has 0 radical (unpaired) electrons. The number of benzene rings is 1. The number of fused-ring (bicyclic) bond motifs is 2. The Morgan fingerprint density at radius 3 is 1.10 bits per heavy atom. The van der Waals surface area contributed by atoms with Crippen LogP contribution < -0.4 is 0 Å². The molecule has 0 saturated carbocycles. The largest absolute Gasteiger partial charge is 0.478 e. The fraction of sp³-hybridized carbons (Fsp3) is 0. The van der Waals surface area contributed by atoms with Gasteiger partial charge >= 0.3 is 23.9 Å². The lowest BCUT2D eigenvalue weighted by atomic mass is 9.93. The highest BCUT2D eigenvalue weighted by Crippen LogP contribution is 2.45. The van der Waals surface area contributed by atoms with Crippen LogP contribution in [-0.4, -0.2) is 44.3 Å². The Morgan fingerprint density at radius 2 is 0.850 bits per heavy atom. The Kier molecular flexibility index (Phi) is 2.71. The Labute approximate surface area is 108 Å². The van der Waals surface area contributed by atoms with Gasteiger partial charge in [-0.15, -0.1) is 10.2 Å². The van der Waals surface area contributed by atoms with E-state index in [0.717, 1.165) is 0 Å². The van der Waals surface area contributed by atoms with Gasteiger partial charge in [0.25, 0.3) is 0 Å². The number of azo groups is 1. The van der Waals surface area contributed by atoms with Crippen LogP contribution in [0.25, 0.3) is 0 Å². The minimum atomic E-state index is -1.83. The number of hydrogen-bond donors (Lipinski definition) is 4. The second-order valence-electron chi connectivity index (χ2n) is 3.62. The summed E-state index contributed by atoms with van der Waals surface area (Å²) in [7, 11) is 0. The van der Waals surface area contributed by atoms with Crippen molar-refractivity contribution in [3.05, 3.63) is 22.3 Å². The Hall–Kier alpha value is -3.30. The lowest BCUT2D eigenvalue weighted by molar-refractivity contribution is 0.0633. The number of nitrogens with zero attached hydrogens (tertiary/aromatic N) is 2. The molecule has 4 N–H and O–H groups in total. The van der Waals surface area contributed by atoms with Crippen LogP contribution in [0.2, 0.25) is 0 Å². The predicted molar refractivity (Wildman–Crippen MR) is 58.5 cm³/mol. The second-order valence-corrected chi connectivity index (χ2v) is 3.62. The van der Waals surface area contributed by atoms with Gasteiger partial charge in [0.05, 0.1) is 5.56 Å². The minimum absolute atomic E-state index is 0.678. The molecular formula is C10H4N2O8. The molecule has 10 nitrogen and oxygen atoms in total. The zero-order chi connectivity index (χ0) is 15.2. The summed E-state index contributed by atoms with van der Waals surface area (Å²) in [6.45, 7) is 0. The molecule has 0 aliphatic carbocycles. The van der Waals surface area contributed by atoms with Crippen molar-refractivity contribution in [1.29, 1.82) is 0 Å². The van der Waals surface area contributed by atoms with Crippen molar-refractivity contribution in [1.82, 2.24) is 0 Å². The van der Waals surface area contributed by atoms with Crippen LogP contribution >= 0.6 is 0 Å². The third-order valence-corrected chi connectivity index (χ3v) is 2.55. The van der Waals surface area contributed by atoms with Gasteiger partial charge in [-0.25, -0.2) is 19.2 Å². The fourth-order valence-corrected chi connectivity index (χ4v) is 1.86. The van der Waals surface area contributed by atoms with Crippen LogP contribution in [0.4, 0.5) is 11.4 Å². The molecule has 10 heteroatoms. The van der Waals surface area contributed by atoms with Crippen LogP contribution in [-0.2, 0) is 0 Å². The normalized spacial score (nSPS) is 11.4. The van der Waals surface area contributed by atoms with Gasteiger partial charge in [-0.05, 0) is 0 Å². The third-order valence-electron chi connectivity index (χ3n) is 2.55. The summed E-state index contributed by atoms with van der Waals surface area (Å²) in [6.07, 6.45) is 0. The van der Waals surface area contributed by atoms with E-state index in [1.165, 1.54) is 0 Å². The van der Waals surface area contributed by atoms with Crippen molar-refractivity contribution in [2.24, 2.45) is 10.2 Å². The van der Waals surface area contributed by atoms with Crippen molar-refractivity contribution in [3.63, 3.8) is 0 Å². The molecular weight excluding hydrogens is 276 g/mol. The smallest absolute Gasteiger partial charge is 0.340 e. The molecule has 102 valence electrons. The highest BCUT2D eigenvalue weighted by atomic mass is 16.4. The lowest BCUT2D eigenvalue weighted by Gasteiger charge is -2.09. The molecule has 1 aliphatic rings. The van der Waals surface area contributed by atoms with Crippen LogP contribution in [0, 0.1) is 0 Å². The molecule has 0 aromatic heterocycles. The quantitative estimate of drug-likeness (QED) is 0.645. The van der Waals surface area contributed by atoms with Crippen molar-refractivity contribution in [2.45, 2.75) is 0 Å². The second kappa shape index (κ2) is 4.12. The SMILES string of the molecule is O=C(O)c1c2c(C(=O)O)c(C(=O)O)c(C(=O)O)c1N=N2. The highest BCUT2D eigenvalue weighted by molar-refractivity contribution is 6.19. The number of hydrogen-bond acceptors (Lipinski definition) is 6. The predicted octanol–water partition coefficient (Wildman–Crippen LogP) is 1.21. The molecule has 0 fully saturated rings. The van der Waals surface area contributed by atoms with Gasteiger partial charge in [-0.1, -0.05) is 0 Å². The number of aromatic carboxylic acids is 4. The van der Waals surface area contributed by atoms with E-state index in [-0.39, 0.29) is 0 Å². The summed E-state index contributed by atoms with van der Waals surface area (Å²) < 4.78 is 0. The van der Waals surface area contributed by atoms with E-state index in [2.05, 4.69) is 10.2 Å². The van der Waals surface area contributed by atoms with Gasteiger partial charge in [-0.3, -0.25) is 0 Å². The van der Waals surface area contributed by atoms with Crippen LogP contribution in [0.1, 0.15) is 41.4 Å². The molecule has 0 amide bonds. The number of carboxylic acid groups (broad SMARTS) is 4. The van der Waals surface area contributed by atoms with Crippen molar-refractivity contribution in [2.75, 3.05) is 0 Å². The molecule has 0 unspecified atom stereocenters. The molecule has 1 aromatic carbocycles. The molecule has 1 aromatic rings. The van der Waals surface area contributed by atoms with Crippen LogP contribution in [0.3, 0.4) is 0 Å². The van der Waals surface area contributed by atoms with Gasteiger partial charge < -0.3 is 20.4 Å². The molecule has 0 saturated heterocycles. The first-order valence-corrected chi connectivity index (χ1v) is 4.86. The van der Waals surface area contributed by atoms with E-state index in [4.69, 9.17) is 20.4 Å². The number of rotatable bonds is 4. The summed E-state index contributed by atoms with van der Waals surface area (Å²) in [5.41, 5.74) is -5.19. The summed E-state index contributed by atoms with van der Waals surface area (Å²) in [5.74, 6) is -7.10. The average Bonchev–Trinajstić information content (AvgIpc) is 2.64. The molecule has 1 aliphatic heterocycles. The first-order valence-electron chi connectivity index (χ1n) is 4.86. The Bertz CT molecular complexity index is 688. The molecule has 0 atom stereocenters. The third kappa shape index (κ3) is 1.59. The zero-order valence-electron chi connectivity index (χ0n) is 9.32. The molecule has 2 bridgehead atoms. The first-order chi connectivity index (χ1) is 9.27. The lowest BCUT2D eigenvalue weighted by Crippen LogP contribution is -2.17. The van der Waals surface area contributed by atoms with Crippen molar-refractivity contribution < 1.29 is 39.6 Å². The molecule has 20 heavy (non-hydrogen) atoms. The van der Waals surface area contributed by atoms with E-state index in [9.17, 15) is 19.2 Å². The van der Waals surface area contributed by atoms with Crippen LogP contribution in [0.5, 0.6) is 0 Å². The highest BCUT2D eigenvalue weighted by Gasteiger charge is 2.38. The van der Waals surface area contributed by atoms with Crippen molar-refractivity contribution >= 4 is 35.3 Å². The standard InChI is InChI=1S/C10H4N2O8/c13-7(14)1-2(8(15)16)5-4(10(19)20)6(12-11-5)3(1)9(17)18/h(H,13,14)(H,15,16)(H,17,18)(H,19,20). The van der Waals surface area contributed by atoms with E-state index in [1.54, 1.807) is 0 Å². The summed E-state index contributed by atoms with van der Waals surface area (Å²) in [5, 5.41) is 42.5. The van der Waals surface area contributed by atoms with Gasteiger partial charge in [-0.2, -0.15) is 0 Å². The Balaban J connectivity index is 3.07. The van der Waals surface area contributed by atoms with E-state index < -0.39 is 57.5 Å². The summed E-state index contributed by atoms with van der Waals surface area (Å²) in [4.78, 5) is 44.4. The Morgan fingerprint density at radius 1 is 0.550 bits per heavy atom. The van der Waals surface area contributed by atoms with Gasteiger partial charge in [0.15, 0.2) is 0 Å². The summed E-state index contributed by atoms with van der Waals surface area (Å²) >= 11 is 0. The number of carboxylic acids is 4. The number of carbonyl (C=O) groups is 4. The maximum absolute atomic E-state index is 11.1.